The van der Waals surface area contributed by atoms with E-state index in [1.165, 1.54) is 0 Å². The van der Waals surface area contributed by atoms with E-state index in [2.05, 4.69) is 15.9 Å². The van der Waals surface area contributed by atoms with Crippen LogP contribution in [0.3, 0.4) is 0 Å². The molecule has 0 aromatic heterocycles. The molecule has 0 fully saturated rings. The fourth-order valence-electron chi connectivity index (χ4n) is 0.594. The molecule has 1 atom stereocenters. The molecule has 1 unspecified atom stereocenters. The molecule has 0 aromatic rings. The fourth-order valence-corrected chi connectivity index (χ4v) is 0.755. The number of hydrogen-bond acceptors (Lipinski definition) is 3. The van der Waals surface area contributed by atoms with Gasteiger partial charge in [-0.25, -0.2) is 0 Å². The number of ketones is 1. The largest absolute Gasteiger partial charge is 0.465 e. The summed E-state index contributed by atoms with van der Waals surface area (Å²) in [4.78, 5) is 21.8. The van der Waals surface area contributed by atoms with E-state index >= 15 is 0 Å². The Labute approximate surface area is 87.0 Å². The molecule has 13 heavy (non-hydrogen) atoms. The minimum absolute atomic E-state index is 0.140. The van der Waals surface area contributed by atoms with Gasteiger partial charge in [0.15, 0.2) is 5.78 Å². The molecule has 0 rings (SSSR count). The van der Waals surface area contributed by atoms with E-state index in [1.807, 2.05) is 13.8 Å². The van der Waals surface area contributed by atoms with E-state index in [4.69, 9.17) is 4.74 Å². The average molecular weight is 251 g/mol. The van der Waals surface area contributed by atoms with Gasteiger partial charge in [0.1, 0.15) is 6.42 Å². The number of ether oxygens (including phenoxy) is 1. The number of carbonyl (C=O) groups excluding carboxylic acids is 2. The summed E-state index contributed by atoms with van der Waals surface area (Å²) >= 11 is 3.09. The van der Waals surface area contributed by atoms with E-state index in [9.17, 15) is 9.59 Å². The van der Waals surface area contributed by atoms with Gasteiger partial charge in [0.05, 0.1) is 11.4 Å². The molecule has 3 nitrogen and oxygen atoms in total. The molecule has 0 heterocycles. The van der Waals surface area contributed by atoms with Gasteiger partial charge in [-0.3, -0.25) is 9.59 Å². The van der Waals surface area contributed by atoms with Crippen LogP contribution in [-0.2, 0) is 14.3 Å². The Kier molecular flexibility index (Phi) is 5.95. The lowest BCUT2D eigenvalue weighted by atomic mass is 10.2. The predicted molar refractivity (Wildman–Crippen MR) is 53.8 cm³/mol. The van der Waals surface area contributed by atoms with Gasteiger partial charge in [-0.2, -0.15) is 0 Å². The molecular formula is C9H15BrO3. The van der Waals surface area contributed by atoms with Crippen LogP contribution in [0.15, 0.2) is 0 Å². The predicted octanol–water partition coefficient (Wildman–Crippen LogP) is 1.93. The minimum atomic E-state index is -0.440. The summed E-state index contributed by atoms with van der Waals surface area (Å²) in [7, 11) is 0. The summed E-state index contributed by atoms with van der Waals surface area (Å²) in [5.74, 6) is -0.279. The van der Waals surface area contributed by atoms with Crippen molar-refractivity contribution in [3.8, 4) is 0 Å². The summed E-state index contributed by atoms with van der Waals surface area (Å²) in [6, 6.07) is 0. The Morgan fingerprint density at radius 2 is 1.85 bits per heavy atom. The standard InChI is InChI=1S/C9H15BrO3/c1-6(2)5-13-9(12)4-8(11)7(3)10/h6-7H,4-5H2,1-3H3. The van der Waals surface area contributed by atoms with Gasteiger partial charge in [-0.05, 0) is 12.8 Å². The highest BCUT2D eigenvalue weighted by molar-refractivity contribution is 9.10. The number of rotatable bonds is 5. The second kappa shape index (κ2) is 6.13. The van der Waals surface area contributed by atoms with Crippen LogP contribution in [0.2, 0.25) is 0 Å². The van der Waals surface area contributed by atoms with Crippen molar-refractivity contribution in [1.29, 1.82) is 0 Å². The third kappa shape index (κ3) is 6.75. The zero-order valence-corrected chi connectivity index (χ0v) is 9.76. The lowest BCUT2D eigenvalue weighted by molar-refractivity contribution is -0.146. The van der Waals surface area contributed by atoms with Gasteiger partial charge in [-0.1, -0.05) is 29.8 Å². The second-order valence-electron chi connectivity index (χ2n) is 3.34. The smallest absolute Gasteiger partial charge is 0.313 e. The number of esters is 1. The maximum Gasteiger partial charge on any atom is 0.313 e. The first kappa shape index (κ1) is 12.6. The van der Waals surface area contributed by atoms with Gasteiger partial charge in [0, 0.05) is 0 Å². The van der Waals surface area contributed by atoms with E-state index in [0.717, 1.165) is 0 Å². The van der Waals surface area contributed by atoms with Gasteiger partial charge in [-0.15, -0.1) is 0 Å². The lowest BCUT2D eigenvalue weighted by Crippen LogP contribution is -2.18. The van der Waals surface area contributed by atoms with Gasteiger partial charge in [0.2, 0.25) is 0 Å². The molecule has 4 heteroatoms. The van der Waals surface area contributed by atoms with Crippen molar-refractivity contribution in [2.75, 3.05) is 6.61 Å². The molecule has 0 amide bonds. The zero-order valence-electron chi connectivity index (χ0n) is 8.17. The Bertz CT molecular complexity index is 187. The quantitative estimate of drug-likeness (QED) is 0.426. The van der Waals surface area contributed by atoms with E-state index in [1.54, 1.807) is 6.92 Å². The van der Waals surface area contributed by atoms with Crippen LogP contribution in [0, 0.1) is 5.92 Å². The number of alkyl halides is 1. The first-order chi connectivity index (χ1) is 5.93. The molecular weight excluding hydrogens is 236 g/mol. The summed E-state index contributed by atoms with van der Waals surface area (Å²) in [5, 5.41) is 0. The molecule has 0 aliphatic heterocycles. The first-order valence-electron chi connectivity index (χ1n) is 4.26. The van der Waals surface area contributed by atoms with Crippen molar-refractivity contribution in [1.82, 2.24) is 0 Å². The number of hydrogen-bond donors (Lipinski definition) is 0. The molecule has 0 aliphatic rings. The summed E-state index contributed by atoms with van der Waals surface area (Å²) in [6.45, 7) is 5.96. The second-order valence-corrected chi connectivity index (χ2v) is 4.71. The molecule has 76 valence electrons. The van der Waals surface area contributed by atoms with E-state index in [-0.39, 0.29) is 17.0 Å². The molecule has 0 aromatic carbocycles. The van der Waals surface area contributed by atoms with Crippen molar-refractivity contribution in [2.45, 2.75) is 32.0 Å². The van der Waals surface area contributed by atoms with E-state index < -0.39 is 5.97 Å². The molecule has 0 spiro atoms. The van der Waals surface area contributed by atoms with Crippen molar-refractivity contribution in [3.63, 3.8) is 0 Å². The van der Waals surface area contributed by atoms with Crippen LogP contribution >= 0.6 is 15.9 Å². The zero-order chi connectivity index (χ0) is 10.4. The lowest BCUT2D eigenvalue weighted by Gasteiger charge is -2.06. The molecule has 0 N–H and O–H groups in total. The topological polar surface area (TPSA) is 43.4 Å². The third-order valence-electron chi connectivity index (χ3n) is 1.34. The average Bonchev–Trinajstić information content (AvgIpc) is 2.00. The molecule has 0 saturated heterocycles. The van der Waals surface area contributed by atoms with Crippen LogP contribution in [-0.4, -0.2) is 23.2 Å². The van der Waals surface area contributed by atoms with Crippen LogP contribution in [0.4, 0.5) is 0 Å². The van der Waals surface area contributed by atoms with Crippen molar-refractivity contribution >= 4 is 27.7 Å². The molecule has 0 bridgehead atoms. The third-order valence-corrected chi connectivity index (χ3v) is 1.85. The fraction of sp³-hybridized carbons (Fsp3) is 0.778. The van der Waals surface area contributed by atoms with Gasteiger partial charge in [0.25, 0.3) is 0 Å². The maximum atomic E-state index is 11.1. The van der Waals surface area contributed by atoms with Crippen molar-refractivity contribution < 1.29 is 14.3 Å². The highest BCUT2D eigenvalue weighted by atomic mass is 79.9. The highest BCUT2D eigenvalue weighted by Gasteiger charge is 2.15. The Morgan fingerprint density at radius 1 is 1.31 bits per heavy atom. The van der Waals surface area contributed by atoms with Crippen LogP contribution in [0.5, 0.6) is 0 Å². The van der Waals surface area contributed by atoms with Crippen molar-refractivity contribution in [3.05, 3.63) is 0 Å². The Hall–Kier alpha value is -0.380. The van der Waals surface area contributed by atoms with E-state index in [0.29, 0.717) is 12.5 Å². The monoisotopic (exact) mass is 250 g/mol. The summed E-state index contributed by atoms with van der Waals surface area (Å²) in [6.07, 6.45) is -0.140. The Morgan fingerprint density at radius 3 is 2.23 bits per heavy atom. The SMILES string of the molecule is CC(C)COC(=O)CC(=O)C(C)Br. The molecule has 0 radical (unpaired) electrons. The number of Topliss-reactive ketones (excluding diaryl/α,β-unsaturated/α-hetero) is 1. The first-order valence-corrected chi connectivity index (χ1v) is 5.17. The van der Waals surface area contributed by atoms with Crippen molar-refractivity contribution in [2.24, 2.45) is 5.92 Å². The molecule has 0 aliphatic carbocycles. The molecule has 0 saturated carbocycles. The van der Waals surface area contributed by atoms with Gasteiger partial charge >= 0.3 is 5.97 Å². The van der Waals surface area contributed by atoms with Crippen LogP contribution < -0.4 is 0 Å². The van der Waals surface area contributed by atoms with Crippen LogP contribution in [0.1, 0.15) is 27.2 Å². The number of halogens is 1. The number of carbonyl (C=O) groups is 2. The highest BCUT2D eigenvalue weighted by Crippen LogP contribution is 2.03. The van der Waals surface area contributed by atoms with Crippen LogP contribution in [0.25, 0.3) is 0 Å². The van der Waals surface area contributed by atoms with Gasteiger partial charge < -0.3 is 4.74 Å². The summed E-state index contributed by atoms with van der Waals surface area (Å²) in [5.41, 5.74) is 0. The normalized spacial score (nSPS) is 12.7. The summed E-state index contributed by atoms with van der Waals surface area (Å²) < 4.78 is 4.84. The minimum Gasteiger partial charge on any atom is -0.465 e. The Balaban J connectivity index is 3.69. The maximum absolute atomic E-state index is 11.1.